The normalized spacial score (nSPS) is 11.6. The highest BCUT2D eigenvalue weighted by atomic mass is 16.7. The Morgan fingerprint density at radius 3 is 2.54 bits per heavy atom. The molecule has 0 bridgehead atoms. The summed E-state index contributed by atoms with van der Waals surface area (Å²) in [6.07, 6.45) is 2.65. The van der Waals surface area contributed by atoms with E-state index in [4.69, 9.17) is 9.47 Å². The van der Waals surface area contributed by atoms with Gasteiger partial charge < -0.3 is 14.8 Å². The summed E-state index contributed by atoms with van der Waals surface area (Å²) in [4.78, 5) is 16.7. The number of benzene rings is 2. The van der Waals surface area contributed by atoms with E-state index in [0.717, 1.165) is 5.56 Å². The lowest BCUT2D eigenvalue weighted by atomic mass is 10.1. The second-order valence-corrected chi connectivity index (χ2v) is 5.51. The monoisotopic (exact) mass is 348 g/mol. The van der Waals surface area contributed by atoms with E-state index in [9.17, 15) is 4.79 Å². The van der Waals surface area contributed by atoms with Gasteiger partial charge in [0.1, 0.15) is 5.75 Å². The van der Waals surface area contributed by atoms with Crippen molar-refractivity contribution >= 4 is 11.6 Å². The van der Waals surface area contributed by atoms with Crippen molar-refractivity contribution in [3.63, 3.8) is 0 Å². The van der Waals surface area contributed by atoms with Crippen molar-refractivity contribution in [3.05, 3.63) is 90.3 Å². The Morgan fingerprint density at radius 2 is 1.81 bits per heavy atom. The summed E-state index contributed by atoms with van der Waals surface area (Å²) < 4.78 is 11.8. The molecule has 1 N–H and O–H groups in total. The van der Waals surface area contributed by atoms with Gasteiger partial charge >= 0.3 is 0 Å². The van der Waals surface area contributed by atoms with Crippen LogP contribution in [0.1, 0.15) is 29.1 Å². The first-order chi connectivity index (χ1) is 12.8. The lowest BCUT2D eigenvalue weighted by molar-refractivity contribution is -0.0788. The molecule has 0 saturated heterocycles. The van der Waals surface area contributed by atoms with E-state index in [1.165, 1.54) is 0 Å². The molecule has 1 atom stereocenters. The highest BCUT2D eigenvalue weighted by Crippen LogP contribution is 2.27. The molecular weight excluding hydrogens is 328 g/mol. The number of ether oxygens (including phenoxy) is 2. The van der Waals surface area contributed by atoms with E-state index in [0.29, 0.717) is 23.6 Å². The number of aromatic nitrogens is 1. The van der Waals surface area contributed by atoms with Crippen molar-refractivity contribution < 1.29 is 14.3 Å². The molecule has 1 heterocycles. The van der Waals surface area contributed by atoms with Crippen LogP contribution in [-0.4, -0.2) is 17.5 Å². The third-order valence-corrected chi connectivity index (χ3v) is 3.67. The maximum atomic E-state index is 12.7. The van der Waals surface area contributed by atoms with Gasteiger partial charge in [-0.2, -0.15) is 0 Å². The van der Waals surface area contributed by atoms with E-state index in [1.807, 2.05) is 43.3 Å². The number of anilines is 1. The van der Waals surface area contributed by atoms with Gasteiger partial charge in [0.25, 0.3) is 5.91 Å². The molecule has 0 aliphatic heterocycles. The standard InChI is InChI=1S/C21H20N2O3/c1-2-25-21(16-9-4-3-5-10-16)26-19-13-7-6-12-18(19)20(24)23-17-11-8-14-22-15-17/h3-15,21H,2H2,1H3,(H,23,24). The minimum absolute atomic E-state index is 0.267. The van der Waals surface area contributed by atoms with Gasteiger partial charge in [-0.3, -0.25) is 9.78 Å². The predicted molar refractivity (Wildman–Crippen MR) is 100 cm³/mol. The summed E-state index contributed by atoms with van der Waals surface area (Å²) in [6, 6.07) is 20.3. The maximum absolute atomic E-state index is 12.7. The van der Waals surface area contributed by atoms with Gasteiger partial charge in [-0.1, -0.05) is 42.5 Å². The molecule has 0 spiro atoms. The molecule has 0 fully saturated rings. The zero-order valence-electron chi connectivity index (χ0n) is 14.5. The molecule has 3 aromatic rings. The lowest BCUT2D eigenvalue weighted by Gasteiger charge is -2.21. The SMILES string of the molecule is CCOC(Oc1ccccc1C(=O)Nc1cccnc1)c1ccccc1. The van der Waals surface area contributed by atoms with Crippen LogP contribution >= 0.6 is 0 Å². The number of amides is 1. The molecular formula is C21H20N2O3. The van der Waals surface area contributed by atoms with Crippen molar-refractivity contribution in [1.82, 2.24) is 4.98 Å². The van der Waals surface area contributed by atoms with E-state index in [1.54, 1.807) is 42.7 Å². The second kappa shape index (κ2) is 8.78. The molecule has 5 heteroatoms. The van der Waals surface area contributed by atoms with Crippen molar-refractivity contribution in [2.24, 2.45) is 0 Å². The number of carbonyl (C=O) groups is 1. The van der Waals surface area contributed by atoms with Gasteiger partial charge in [0, 0.05) is 18.4 Å². The highest BCUT2D eigenvalue weighted by Gasteiger charge is 2.18. The Kier molecular flexibility index (Phi) is 5.96. The topological polar surface area (TPSA) is 60.5 Å². The van der Waals surface area contributed by atoms with Gasteiger partial charge in [0.05, 0.1) is 17.4 Å². The number of nitrogens with one attached hydrogen (secondary N) is 1. The molecule has 3 rings (SSSR count). The minimum atomic E-state index is -0.589. The Balaban J connectivity index is 1.83. The lowest BCUT2D eigenvalue weighted by Crippen LogP contribution is -2.17. The Morgan fingerprint density at radius 1 is 1.04 bits per heavy atom. The van der Waals surface area contributed by atoms with Crippen LogP contribution in [0, 0.1) is 0 Å². The fraction of sp³-hybridized carbons (Fsp3) is 0.143. The number of nitrogens with zero attached hydrogens (tertiary/aromatic N) is 1. The zero-order chi connectivity index (χ0) is 18.2. The van der Waals surface area contributed by atoms with Crippen LogP contribution in [0.3, 0.4) is 0 Å². The van der Waals surface area contributed by atoms with Crippen molar-refractivity contribution in [2.75, 3.05) is 11.9 Å². The number of rotatable bonds is 7. The van der Waals surface area contributed by atoms with Crippen LogP contribution < -0.4 is 10.1 Å². The molecule has 0 saturated carbocycles. The molecule has 1 unspecified atom stereocenters. The number of para-hydroxylation sites is 1. The minimum Gasteiger partial charge on any atom is -0.460 e. The van der Waals surface area contributed by atoms with Gasteiger partial charge in [0.2, 0.25) is 6.29 Å². The van der Waals surface area contributed by atoms with Crippen LogP contribution in [0.25, 0.3) is 0 Å². The third-order valence-electron chi connectivity index (χ3n) is 3.67. The molecule has 1 amide bonds. The van der Waals surface area contributed by atoms with Crippen molar-refractivity contribution in [1.29, 1.82) is 0 Å². The average molecular weight is 348 g/mol. The number of carbonyl (C=O) groups excluding carboxylic acids is 1. The summed E-state index contributed by atoms with van der Waals surface area (Å²) in [5, 5.41) is 2.82. The first-order valence-electron chi connectivity index (χ1n) is 8.41. The summed E-state index contributed by atoms with van der Waals surface area (Å²) in [6.45, 7) is 2.39. The summed E-state index contributed by atoms with van der Waals surface area (Å²) in [7, 11) is 0. The zero-order valence-corrected chi connectivity index (χ0v) is 14.5. The van der Waals surface area contributed by atoms with Crippen molar-refractivity contribution in [2.45, 2.75) is 13.2 Å². The van der Waals surface area contributed by atoms with Gasteiger partial charge in [0.15, 0.2) is 0 Å². The van der Waals surface area contributed by atoms with E-state index in [2.05, 4.69) is 10.3 Å². The molecule has 132 valence electrons. The van der Waals surface area contributed by atoms with Gasteiger partial charge in [-0.25, -0.2) is 0 Å². The molecule has 1 aromatic heterocycles. The van der Waals surface area contributed by atoms with Crippen molar-refractivity contribution in [3.8, 4) is 5.75 Å². The van der Waals surface area contributed by atoms with Crippen LogP contribution in [0.4, 0.5) is 5.69 Å². The molecule has 5 nitrogen and oxygen atoms in total. The predicted octanol–water partition coefficient (Wildman–Crippen LogP) is 4.45. The van der Waals surface area contributed by atoms with Gasteiger partial charge in [-0.05, 0) is 31.2 Å². The van der Waals surface area contributed by atoms with Crippen LogP contribution in [0.15, 0.2) is 79.1 Å². The maximum Gasteiger partial charge on any atom is 0.259 e. The number of pyridine rings is 1. The third kappa shape index (κ3) is 4.46. The largest absolute Gasteiger partial charge is 0.460 e. The van der Waals surface area contributed by atoms with E-state index in [-0.39, 0.29) is 5.91 Å². The summed E-state index contributed by atoms with van der Waals surface area (Å²) in [5.41, 5.74) is 1.94. The van der Waals surface area contributed by atoms with Crippen LogP contribution in [-0.2, 0) is 4.74 Å². The van der Waals surface area contributed by atoms with Crippen LogP contribution in [0.2, 0.25) is 0 Å². The average Bonchev–Trinajstić information content (AvgIpc) is 2.69. The molecule has 26 heavy (non-hydrogen) atoms. The smallest absolute Gasteiger partial charge is 0.259 e. The van der Waals surface area contributed by atoms with Gasteiger partial charge in [-0.15, -0.1) is 0 Å². The van der Waals surface area contributed by atoms with Crippen LogP contribution in [0.5, 0.6) is 5.75 Å². The summed E-state index contributed by atoms with van der Waals surface area (Å²) >= 11 is 0. The van der Waals surface area contributed by atoms with E-state index >= 15 is 0 Å². The Bertz CT molecular complexity index is 838. The number of hydrogen-bond acceptors (Lipinski definition) is 4. The molecule has 0 aliphatic carbocycles. The highest BCUT2D eigenvalue weighted by molar-refractivity contribution is 6.06. The second-order valence-electron chi connectivity index (χ2n) is 5.51. The summed E-state index contributed by atoms with van der Waals surface area (Å²) in [5.74, 6) is 0.188. The van der Waals surface area contributed by atoms with E-state index < -0.39 is 6.29 Å². The first kappa shape index (κ1) is 17.6. The molecule has 0 radical (unpaired) electrons. The quantitative estimate of drug-likeness (QED) is 0.641. The fourth-order valence-corrected chi connectivity index (χ4v) is 2.47. The number of hydrogen-bond donors (Lipinski definition) is 1. The fourth-order valence-electron chi connectivity index (χ4n) is 2.47. The first-order valence-corrected chi connectivity index (χ1v) is 8.41. The Labute approximate surface area is 152 Å². The Hall–Kier alpha value is -3.18. The molecule has 0 aliphatic rings. The molecule has 2 aromatic carbocycles.